The van der Waals surface area contributed by atoms with Gasteiger partial charge in [-0.15, -0.1) is 0 Å². The maximum atomic E-state index is 12.9. The van der Waals surface area contributed by atoms with E-state index < -0.39 is 23.9 Å². The number of H-pyrrole nitrogens is 1. The van der Waals surface area contributed by atoms with Crippen molar-refractivity contribution < 1.29 is 22.4 Å². The Morgan fingerprint density at radius 3 is 2.50 bits per heavy atom. The molecule has 2 heterocycles. The molecule has 0 saturated heterocycles. The van der Waals surface area contributed by atoms with Gasteiger partial charge in [-0.1, -0.05) is 36.4 Å². The molecule has 142 valence electrons. The van der Waals surface area contributed by atoms with Crippen LogP contribution >= 0.6 is 0 Å². The lowest BCUT2D eigenvalue weighted by Crippen LogP contribution is -2.29. The largest absolute Gasteiger partial charge is 0.459 e. The van der Waals surface area contributed by atoms with Crippen molar-refractivity contribution in [2.45, 2.75) is 12.2 Å². The fraction of sp³-hybridized carbons (Fsp3) is 0.100. The number of amides is 1. The summed E-state index contributed by atoms with van der Waals surface area (Å²) in [5.74, 6) is -1.35. The molecule has 2 N–H and O–H groups in total. The summed E-state index contributed by atoms with van der Waals surface area (Å²) >= 11 is 0. The third-order valence-corrected chi connectivity index (χ3v) is 4.26. The average Bonchev–Trinajstić information content (AvgIpc) is 3.35. The lowest BCUT2D eigenvalue weighted by molar-refractivity contribution is -0.144. The van der Waals surface area contributed by atoms with Crippen LogP contribution in [-0.2, 0) is 6.18 Å². The molecule has 28 heavy (non-hydrogen) atoms. The van der Waals surface area contributed by atoms with Crippen molar-refractivity contribution in [3.63, 3.8) is 0 Å². The Hall–Kier alpha value is -3.55. The molecule has 2 aromatic carbocycles. The molecule has 8 heteroatoms. The van der Waals surface area contributed by atoms with Gasteiger partial charge in [0.2, 0.25) is 5.82 Å². The van der Waals surface area contributed by atoms with Crippen LogP contribution in [0.1, 0.15) is 33.5 Å². The number of carbonyl (C=O) groups is 1. The number of rotatable bonds is 4. The lowest BCUT2D eigenvalue weighted by Gasteiger charge is -2.19. The van der Waals surface area contributed by atoms with E-state index in [9.17, 15) is 18.0 Å². The van der Waals surface area contributed by atoms with Gasteiger partial charge >= 0.3 is 6.18 Å². The van der Waals surface area contributed by atoms with E-state index in [0.717, 1.165) is 5.56 Å². The van der Waals surface area contributed by atoms with E-state index in [0.29, 0.717) is 5.56 Å². The van der Waals surface area contributed by atoms with E-state index in [4.69, 9.17) is 4.42 Å². The molecule has 0 fully saturated rings. The molecule has 0 aliphatic rings. The van der Waals surface area contributed by atoms with Crippen molar-refractivity contribution in [2.24, 2.45) is 0 Å². The number of hydrogen-bond acceptors (Lipinski definition) is 3. The zero-order valence-corrected chi connectivity index (χ0v) is 14.3. The van der Waals surface area contributed by atoms with E-state index in [1.54, 1.807) is 18.2 Å². The summed E-state index contributed by atoms with van der Waals surface area (Å²) in [5.41, 5.74) is 1.81. The minimum absolute atomic E-state index is 0.142. The van der Waals surface area contributed by atoms with Crippen molar-refractivity contribution in [3.05, 3.63) is 89.6 Å². The van der Waals surface area contributed by atoms with E-state index in [2.05, 4.69) is 15.3 Å². The normalized spacial score (nSPS) is 12.8. The second kappa shape index (κ2) is 6.88. The Bertz CT molecular complexity index is 1100. The van der Waals surface area contributed by atoms with Crippen molar-refractivity contribution in [3.8, 4) is 0 Å². The second-order valence-corrected chi connectivity index (χ2v) is 6.15. The number of aromatic nitrogens is 2. The first-order chi connectivity index (χ1) is 13.4. The SMILES string of the molecule is O=C(N[C@@H](c1ccccc1)c1ccc2nc(C(F)(F)F)[nH]c2c1)c1ccco1. The first-order valence-electron chi connectivity index (χ1n) is 8.38. The fourth-order valence-corrected chi connectivity index (χ4v) is 2.96. The van der Waals surface area contributed by atoms with Crippen molar-refractivity contribution in [1.82, 2.24) is 15.3 Å². The predicted molar refractivity (Wildman–Crippen MR) is 95.6 cm³/mol. The van der Waals surface area contributed by atoms with Crippen LogP contribution < -0.4 is 5.32 Å². The van der Waals surface area contributed by atoms with Gasteiger partial charge in [0.25, 0.3) is 5.91 Å². The zero-order chi connectivity index (χ0) is 19.7. The molecule has 0 radical (unpaired) electrons. The minimum Gasteiger partial charge on any atom is -0.459 e. The molecule has 4 rings (SSSR count). The number of furan rings is 1. The fourth-order valence-electron chi connectivity index (χ4n) is 2.96. The summed E-state index contributed by atoms with van der Waals surface area (Å²) in [6.45, 7) is 0. The first-order valence-corrected chi connectivity index (χ1v) is 8.38. The number of carbonyl (C=O) groups excluding carboxylic acids is 1. The maximum absolute atomic E-state index is 12.9. The number of hydrogen-bond donors (Lipinski definition) is 2. The third kappa shape index (κ3) is 3.48. The van der Waals surface area contributed by atoms with Gasteiger partial charge in [-0.05, 0) is 35.4 Å². The van der Waals surface area contributed by atoms with E-state index in [-0.39, 0.29) is 16.8 Å². The van der Waals surface area contributed by atoms with Crippen LogP contribution in [0.4, 0.5) is 13.2 Å². The highest BCUT2D eigenvalue weighted by Crippen LogP contribution is 2.30. The van der Waals surface area contributed by atoms with Crippen LogP contribution in [0.3, 0.4) is 0 Å². The summed E-state index contributed by atoms with van der Waals surface area (Å²) in [7, 11) is 0. The van der Waals surface area contributed by atoms with Gasteiger partial charge in [0.15, 0.2) is 5.76 Å². The number of halogens is 3. The monoisotopic (exact) mass is 385 g/mol. The van der Waals surface area contributed by atoms with Gasteiger partial charge in [-0.25, -0.2) is 4.98 Å². The number of alkyl halides is 3. The Morgan fingerprint density at radius 2 is 1.82 bits per heavy atom. The van der Waals surface area contributed by atoms with Crippen LogP contribution in [0.15, 0.2) is 71.3 Å². The van der Waals surface area contributed by atoms with Gasteiger partial charge < -0.3 is 14.7 Å². The van der Waals surface area contributed by atoms with Crippen LogP contribution in [0, 0.1) is 0 Å². The van der Waals surface area contributed by atoms with E-state index in [1.807, 2.05) is 30.3 Å². The average molecular weight is 385 g/mol. The molecule has 1 amide bonds. The van der Waals surface area contributed by atoms with Gasteiger partial charge in [-0.2, -0.15) is 13.2 Å². The van der Waals surface area contributed by atoms with E-state index >= 15 is 0 Å². The maximum Gasteiger partial charge on any atom is 0.449 e. The summed E-state index contributed by atoms with van der Waals surface area (Å²) in [6, 6.07) is 16.4. The van der Waals surface area contributed by atoms with Crippen molar-refractivity contribution in [2.75, 3.05) is 0 Å². The molecule has 5 nitrogen and oxygen atoms in total. The Labute approximate surface area is 157 Å². The molecule has 0 aliphatic heterocycles. The van der Waals surface area contributed by atoms with Gasteiger partial charge in [0.1, 0.15) is 0 Å². The Kier molecular flexibility index (Phi) is 4.38. The molecule has 0 spiro atoms. The molecular formula is C20H14F3N3O2. The molecule has 0 bridgehead atoms. The number of fused-ring (bicyclic) bond motifs is 1. The lowest BCUT2D eigenvalue weighted by atomic mass is 9.98. The standard InChI is InChI=1S/C20H14F3N3O2/c21-20(22,23)19-24-14-9-8-13(11-15(14)25-19)17(12-5-2-1-3-6-12)26-18(27)16-7-4-10-28-16/h1-11,17H,(H,24,25)(H,26,27)/t17-/m0/s1. The third-order valence-electron chi connectivity index (χ3n) is 4.26. The molecule has 4 aromatic rings. The van der Waals surface area contributed by atoms with Crippen molar-refractivity contribution >= 4 is 16.9 Å². The quantitative estimate of drug-likeness (QED) is 0.535. The first kappa shape index (κ1) is 17.8. The van der Waals surface area contributed by atoms with E-state index in [1.165, 1.54) is 18.4 Å². The Morgan fingerprint density at radius 1 is 1.04 bits per heavy atom. The summed E-state index contributed by atoms with van der Waals surface area (Å²) in [5, 5.41) is 2.86. The van der Waals surface area contributed by atoms with Gasteiger partial charge in [-0.3, -0.25) is 4.79 Å². The molecular weight excluding hydrogens is 371 g/mol. The zero-order valence-electron chi connectivity index (χ0n) is 14.3. The highest BCUT2D eigenvalue weighted by Gasteiger charge is 2.34. The number of nitrogens with zero attached hydrogens (tertiary/aromatic N) is 1. The van der Waals surface area contributed by atoms with Crippen LogP contribution in [-0.4, -0.2) is 15.9 Å². The van der Waals surface area contributed by atoms with Crippen LogP contribution in [0.25, 0.3) is 11.0 Å². The highest BCUT2D eigenvalue weighted by atomic mass is 19.4. The number of imidazole rings is 1. The number of benzene rings is 2. The minimum atomic E-state index is -4.56. The topological polar surface area (TPSA) is 70.9 Å². The summed E-state index contributed by atoms with van der Waals surface area (Å²) in [6.07, 6.45) is -3.17. The number of nitrogens with one attached hydrogen (secondary N) is 2. The smallest absolute Gasteiger partial charge is 0.449 e. The van der Waals surface area contributed by atoms with Gasteiger partial charge in [0.05, 0.1) is 23.3 Å². The Balaban J connectivity index is 1.74. The summed E-state index contributed by atoms with van der Waals surface area (Å²) in [4.78, 5) is 18.4. The number of aromatic amines is 1. The second-order valence-electron chi connectivity index (χ2n) is 6.15. The van der Waals surface area contributed by atoms with Gasteiger partial charge in [0, 0.05) is 0 Å². The molecule has 0 unspecified atom stereocenters. The van der Waals surface area contributed by atoms with Crippen LogP contribution in [0.2, 0.25) is 0 Å². The summed E-state index contributed by atoms with van der Waals surface area (Å²) < 4.78 is 43.9. The van der Waals surface area contributed by atoms with Crippen LogP contribution in [0.5, 0.6) is 0 Å². The highest BCUT2D eigenvalue weighted by molar-refractivity contribution is 5.92. The molecule has 0 saturated carbocycles. The molecule has 2 aromatic heterocycles. The molecule has 0 aliphatic carbocycles. The predicted octanol–water partition coefficient (Wildman–Crippen LogP) is 4.69. The van der Waals surface area contributed by atoms with Crippen molar-refractivity contribution in [1.29, 1.82) is 0 Å². The molecule has 1 atom stereocenters.